The smallest absolute Gasteiger partial charge is 0.321 e. The van der Waals surface area contributed by atoms with E-state index in [2.05, 4.69) is 10.6 Å². The number of carboxylic acids is 2. The van der Waals surface area contributed by atoms with Gasteiger partial charge in [-0.15, -0.1) is 0 Å². The predicted molar refractivity (Wildman–Crippen MR) is 120 cm³/mol. The normalized spacial score (nSPS) is 16.7. The summed E-state index contributed by atoms with van der Waals surface area (Å²) in [6, 6.07) is -1.97. The highest BCUT2D eigenvalue weighted by atomic mass is 16.4. The minimum absolute atomic E-state index is 0.0515. The van der Waals surface area contributed by atoms with Gasteiger partial charge in [-0.3, -0.25) is 19.2 Å². The summed E-state index contributed by atoms with van der Waals surface area (Å²) in [5, 5.41) is 25.2. The molecule has 0 spiro atoms. The first-order chi connectivity index (χ1) is 14.4. The minimum Gasteiger partial charge on any atom is -0.481 e. The Labute approximate surface area is 186 Å². The molecular formula is C23H42N2O6. The molecule has 0 saturated carbocycles. The Morgan fingerprint density at radius 3 is 1.77 bits per heavy atom. The van der Waals surface area contributed by atoms with E-state index in [0.29, 0.717) is 19.3 Å². The number of hydrogen-bond donors (Lipinski definition) is 4. The van der Waals surface area contributed by atoms with E-state index in [-0.39, 0.29) is 36.9 Å². The molecule has 4 atom stereocenters. The van der Waals surface area contributed by atoms with Crippen LogP contribution in [0.3, 0.4) is 0 Å². The van der Waals surface area contributed by atoms with Crippen molar-refractivity contribution in [2.75, 3.05) is 0 Å². The number of ketones is 2. The third-order valence-electron chi connectivity index (χ3n) is 6.90. The molecule has 31 heavy (non-hydrogen) atoms. The van der Waals surface area contributed by atoms with Crippen LogP contribution in [0.15, 0.2) is 0 Å². The van der Waals surface area contributed by atoms with Gasteiger partial charge in [-0.1, -0.05) is 34.6 Å². The molecule has 4 N–H and O–H groups in total. The second kappa shape index (κ2) is 12.9. The van der Waals surface area contributed by atoms with Gasteiger partial charge in [0.15, 0.2) is 0 Å². The molecule has 0 heterocycles. The molecule has 8 nitrogen and oxygen atoms in total. The lowest BCUT2D eigenvalue weighted by molar-refractivity contribution is -0.145. The standard InChI is InChI=1S/C23H42N2O6/c1-8-15(6)24-17(21(30)31)13-19(27)23(11-4,12-5)22(7,10-3)25-16(14-20(28)29)18(26)9-2/h15-17,24-25H,8-14H2,1-7H3,(H,28,29)(H,30,31). The van der Waals surface area contributed by atoms with E-state index < -0.39 is 35.0 Å². The molecule has 180 valence electrons. The van der Waals surface area contributed by atoms with E-state index in [1.807, 2.05) is 41.5 Å². The molecule has 0 aromatic rings. The van der Waals surface area contributed by atoms with E-state index in [4.69, 9.17) is 0 Å². The van der Waals surface area contributed by atoms with Crippen molar-refractivity contribution in [2.24, 2.45) is 5.41 Å². The fourth-order valence-corrected chi connectivity index (χ4v) is 4.42. The average molecular weight is 443 g/mol. The van der Waals surface area contributed by atoms with Gasteiger partial charge in [-0.25, -0.2) is 0 Å². The summed E-state index contributed by atoms with van der Waals surface area (Å²) in [4.78, 5) is 49.2. The van der Waals surface area contributed by atoms with Crippen molar-refractivity contribution in [1.29, 1.82) is 0 Å². The van der Waals surface area contributed by atoms with Crippen molar-refractivity contribution >= 4 is 23.5 Å². The molecule has 0 radical (unpaired) electrons. The summed E-state index contributed by atoms with van der Waals surface area (Å²) in [5.74, 6) is -2.59. The van der Waals surface area contributed by atoms with Crippen molar-refractivity contribution in [3.05, 3.63) is 0 Å². The third-order valence-corrected chi connectivity index (χ3v) is 6.90. The lowest BCUT2D eigenvalue weighted by Crippen LogP contribution is -2.64. The summed E-state index contributed by atoms with van der Waals surface area (Å²) in [6.07, 6.45) is 1.73. The zero-order valence-electron chi connectivity index (χ0n) is 20.2. The van der Waals surface area contributed by atoms with Crippen molar-refractivity contribution < 1.29 is 29.4 Å². The molecule has 0 bridgehead atoms. The number of Topliss-reactive ketones (excluding diaryl/α,β-unsaturated/α-hetero) is 2. The van der Waals surface area contributed by atoms with Gasteiger partial charge in [0.2, 0.25) is 0 Å². The Bertz CT molecular complexity index is 632. The molecule has 4 unspecified atom stereocenters. The fraction of sp³-hybridized carbons (Fsp3) is 0.826. The molecule has 8 heteroatoms. The Balaban J connectivity index is 6.10. The Hall–Kier alpha value is -1.80. The van der Waals surface area contributed by atoms with E-state index in [1.165, 1.54) is 0 Å². The van der Waals surface area contributed by atoms with Crippen LogP contribution in [0, 0.1) is 5.41 Å². The Morgan fingerprint density at radius 1 is 0.871 bits per heavy atom. The number of carboxylic acid groups (broad SMARTS) is 2. The third kappa shape index (κ3) is 7.38. The molecule has 0 rings (SSSR count). The van der Waals surface area contributed by atoms with Crippen LogP contribution in [-0.4, -0.2) is 57.4 Å². The van der Waals surface area contributed by atoms with Crippen LogP contribution in [0.2, 0.25) is 0 Å². The second-order valence-corrected chi connectivity index (χ2v) is 8.58. The number of nitrogens with one attached hydrogen (secondary N) is 2. The summed E-state index contributed by atoms with van der Waals surface area (Å²) in [7, 11) is 0. The van der Waals surface area contributed by atoms with Crippen LogP contribution in [0.5, 0.6) is 0 Å². The van der Waals surface area contributed by atoms with Gasteiger partial charge >= 0.3 is 11.9 Å². The van der Waals surface area contributed by atoms with Gasteiger partial charge in [0, 0.05) is 29.8 Å². The maximum atomic E-state index is 13.6. The molecule has 0 amide bonds. The molecule has 0 saturated heterocycles. The average Bonchev–Trinajstić information content (AvgIpc) is 2.72. The van der Waals surface area contributed by atoms with Gasteiger partial charge in [0.25, 0.3) is 0 Å². The second-order valence-electron chi connectivity index (χ2n) is 8.58. The van der Waals surface area contributed by atoms with Crippen LogP contribution < -0.4 is 10.6 Å². The summed E-state index contributed by atoms with van der Waals surface area (Å²) in [5.41, 5.74) is -1.82. The minimum atomic E-state index is -1.09. The van der Waals surface area contributed by atoms with Crippen LogP contribution >= 0.6 is 0 Å². The summed E-state index contributed by atoms with van der Waals surface area (Å²) >= 11 is 0. The van der Waals surface area contributed by atoms with E-state index in [1.54, 1.807) is 6.92 Å². The maximum Gasteiger partial charge on any atom is 0.321 e. The molecule has 0 aromatic heterocycles. The van der Waals surface area contributed by atoms with Crippen molar-refractivity contribution in [3.63, 3.8) is 0 Å². The van der Waals surface area contributed by atoms with Crippen LogP contribution in [-0.2, 0) is 19.2 Å². The zero-order valence-corrected chi connectivity index (χ0v) is 20.2. The van der Waals surface area contributed by atoms with Crippen molar-refractivity contribution in [3.8, 4) is 0 Å². The number of carbonyl (C=O) groups is 4. The molecule has 0 aliphatic carbocycles. The Morgan fingerprint density at radius 2 is 1.42 bits per heavy atom. The Kier molecular flexibility index (Phi) is 12.2. The van der Waals surface area contributed by atoms with Crippen LogP contribution in [0.4, 0.5) is 0 Å². The highest BCUT2D eigenvalue weighted by Crippen LogP contribution is 2.43. The van der Waals surface area contributed by atoms with E-state index >= 15 is 0 Å². The summed E-state index contributed by atoms with van der Waals surface area (Å²) in [6.45, 7) is 13.0. The summed E-state index contributed by atoms with van der Waals surface area (Å²) < 4.78 is 0. The molecule has 0 aromatic carbocycles. The lowest BCUT2D eigenvalue weighted by Gasteiger charge is -2.49. The number of hydrogen-bond acceptors (Lipinski definition) is 6. The highest BCUT2D eigenvalue weighted by Gasteiger charge is 2.51. The lowest BCUT2D eigenvalue weighted by atomic mass is 9.61. The van der Waals surface area contributed by atoms with E-state index in [0.717, 1.165) is 6.42 Å². The molecule has 0 fully saturated rings. The van der Waals surface area contributed by atoms with Crippen molar-refractivity contribution in [1.82, 2.24) is 10.6 Å². The number of aliphatic carboxylic acids is 2. The van der Waals surface area contributed by atoms with Crippen LogP contribution in [0.1, 0.15) is 93.4 Å². The molecule has 0 aliphatic rings. The van der Waals surface area contributed by atoms with Gasteiger partial charge < -0.3 is 20.8 Å². The van der Waals surface area contributed by atoms with Gasteiger partial charge in [-0.2, -0.15) is 0 Å². The zero-order chi connectivity index (χ0) is 24.4. The molecule has 0 aliphatic heterocycles. The first-order valence-electron chi connectivity index (χ1n) is 11.4. The first-order valence-corrected chi connectivity index (χ1v) is 11.4. The SMILES string of the molecule is CCC(=O)C(CC(=O)O)NC(C)(CC)C(CC)(CC)C(=O)CC(NC(C)CC)C(=O)O. The monoisotopic (exact) mass is 442 g/mol. The van der Waals surface area contributed by atoms with Crippen molar-refractivity contribution in [2.45, 2.75) is 117 Å². The largest absolute Gasteiger partial charge is 0.481 e. The molecular weight excluding hydrogens is 400 g/mol. The number of carbonyl (C=O) groups excluding carboxylic acids is 2. The van der Waals surface area contributed by atoms with Gasteiger partial charge in [0.05, 0.1) is 12.5 Å². The van der Waals surface area contributed by atoms with E-state index in [9.17, 15) is 29.4 Å². The van der Waals surface area contributed by atoms with Gasteiger partial charge in [-0.05, 0) is 39.5 Å². The van der Waals surface area contributed by atoms with Crippen LogP contribution in [0.25, 0.3) is 0 Å². The quantitative estimate of drug-likeness (QED) is 0.270. The fourth-order valence-electron chi connectivity index (χ4n) is 4.42. The topological polar surface area (TPSA) is 133 Å². The predicted octanol–water partition coefficient (Wildman–Crippen LogP) is 3.17. The number of rotatable bonds is 17. The highest BCUT2D eigenvalue weighted by molar-refractivity contribution is 5.91. The maximum absolute atomic E-state index is 13.6. The first kappa shape index (κ1) is 29.2. The van der Waals surface area contributed by atoms with Gasteiger partial charge in [0.1, 0.15) is 17.6 Å².